The molecule has 4 rings (SSSR count). The van der Waals surface area contributed by atoms with E-state index < -0.39 is 18.2 Å². The molecule has 136 valence electrons. The number of nitrogens with one attached hydrogen (secondary N) is 1. The maximum atomic E-state index is 10.9. The molecule has 0 spiro atoms. The Balaban J connectivity index is 1.95. The SMILES string of the molecule is COCc1cn2c(C)c(C)nc2c2c1[C@H](O)[C@H](O)[C@@H](c1ccccc1)N2. The van der Waals surface area contributed by atoms with Gasteiger partial charge in [0.15, 0.2) is 5.65 Å². The van der Waals surface area contributed by atoms with Crippen LogP contribution in [0.4, 0.5) is 5.69 Å². The number of hydrogen-bond acceptors (Lipinski definition) is 5. The van der Waals surface area contributed by atoms with Gasteiger partial charge in [-0.05, 0) is 19.4 Å². The summed E-state index contributed by atoms with van der Waals surface area (Å²) in [6, 6.07) is 9.24. The lowest BCUT2D eigenvalue weighted by Gasteiger charge is -2.37. The van der Waals surface area contributed by atoms with Gasteiger partial charge in [0.05, 0.1) is 24.0 Å². The number of aryl methyl sites for hydroxylation is 2. The number of ether oxygens (including phenoxy) is 1. The third-order valence-electron chi connectivity index (χ3n) is 5.23. The molecule has 0 saturated heterocycles. The van der Waals surface area contributed by atoms with Crippen molar-refractivity contribution < 1.29 is 14.9 Å². The molecule has 1 aliphatic rings. The first-order valence-corrected chi connectivity index (χ1v) is 8.70. The predicted octanol–water partition coefficient (Wildman–Crippen LogP) is 2.66. The smallest absolute Gasteiger partial charge is 0.161 e. The fraction of sp³-hybridized carbons (Fsp3) is 0.350. The Bertz CT molecular complexity index is 952. The van der Waals surface area contributed by atoms with Crippen LogP contribution >= 0.6 is 0 Å². The number of anilines is 1. The topological polar surface area (TPSA) is 79.0 Å². The van der Waals surface area contributed by atoms with Crippen molar-refractivity contribution >= 4 is 11.3 Å². The highest BCUT2D eigenvalue weighted by Gasteiger charge is 2.38. The molecule has 0 fully saturated rings. The van der Waals surface area contributed by atoms with Gasteiger partial charge in [-0.2, -0.15) is 0 Å². The molecule has 3 aromatic rings. The van der Waals surface area contributed by atoms with Crippen LogP contribution in [-0.4, -0.2) is 32.8 Å². The molecule has 3 N–H and O–H groups in total. The van der Waals surface area contributed by atoms with Gasteiger partial charge in [-0.1, -0.05) is 30.3 Å². The van der Waals surface area contributed by atoms with E-state index in [9.17, 15) is 10.2 Å². The van der Waals surface area contributed by atoms with Crippen molar-refractivity contribution in [2.45, 2.75) is 38.7 Å². The van der Waals surface area contributed by atoms with E-state index in [0.29, 0.717) is 12.2 Å². The van der Waals surface area contributed by atoms with E-state index >= 15 is 0 Å². The Morgan fingerprint density at radius 3 is 2.62 bits per heavy atom. The van der Waals surface area contributed by atoms with E-state index in [0.717, 1.165) is 33.8 Å². The van der Waals surface area contributed by atoms with Gasteiger partial charge in [0.25, 0.3) is 0 Å². The maximum Gasteiger partial charge on any atom is 0.161 e. The summed E-state index contributed by atoms with van der Waals surface area (Å²) in [6.45, 7) is 4.32. The van der Waals surface area contributed by atoms with Gasteiger partial charge in [0.1, 0.15) is 12.2 Å². The molecule has 26 heavy (non-hydrogen) atoms. The van der Waals surface area contributed by atoms with Crippen molar-refractivity contribution in [3.63, 3.8) is 0 Å². The summed E-state index contributed by atoms with van der Waals surface area (Å²) in [6.07, 6.45) is -0.0583. The minimum atomic E-state index is -1.02. The Kier molecular flexibility index (Phi) is 4.19. The fourth-order valence-corrected chi connectivity index (χ4v) is 3.75. The quantitative estimate of drug-likeness (QED) is 0.675. The third kappa shape index (κ3) is 2.49. The second-order valence-corrected chi connectivity index (χ2v) is 6.82. The minimum Gasteiger partial charge on any atom is -0.388 e. The maximum absolute atomic E-state index is 10.9. The van der Waals surface area contributed by atoms with Crippen LogP contribution in [0, 0.1) is 13.8 Å². The lowest BCUT2D eigenvalue weighted by Crippen LogP contribution is -2.37. The largest absolute Gasteiger partial charge is 0.388 e. The van der Waals surface area contributed by atoms with Crippen molar-refractivity contribution in [3.8, 4) is 0 Å². The zero-order valence-corrected chi connectivity index (χ0v) is 15.1. The van der Waals surface area contributed by atoms with Crippen molar-refractivity contribution in [1.82, 2.24) is 9.38 Å². The molecule has 0 unspecified atom stereocenters. The number of pyridine rings is 1. The molecule has 2 aromatic heterocycles. The van der Waals surface area contributed by atoms with Crippen LogP contribution in [0.3, 0.4) is 0 Å². The number of benzene rings is 1. The molecule has 1 aromatic carbocycles. The number of aliphatic hydroxyl groups is 2. The van der Waals surface area contributed by atoms with Gasteiger partial charge < -0.3 is 24.7 Å². The van der Waals surface area contributed by atoms with Crippen molar-refractivity contribution in [2.24, 2.45) is 0 Å². The number of aliphatic hydroxyl groups excluding tert-OH is 2. The minimum absolute atomic E-state index is 0.344. The summed E-state index contributed by atoms with van der Waals surface area (Å²) < 4.78 is 7.35. The fourth-order valence-electron chi connectivity index (χ4n) is 3.75. The summed E-state index contributed by atoms with van der Waals surface area (Å²) in [5.41, 5.74) is 5.88. The van der Waals surface area contributed by atoms with Crippen LogP contribution in [0.25, 0.3) is 5.65 Å². The number of rotatable bonds is 3. The molecule has 0 bridgehead atoms. The normalized spacial score (nSPS) is 22.3. The van der Waals surface area contributed by atoms with Crippen LogP contribution in [0.15, 0.2) is 36.5 Å². The number of hydrogen-bond donors (Lipinski definition) is 3. The van der Waals surface area contributed by atoms with Crippen LogP contribution in [-0.2, 0) is 11.3 Å². The summed E-state index contributed by atoms with van der Waals surface area (Å²) in [5.74, 6) is 0. The number of fused-ring (bicyclic) bond motifs is 3. The molecule has 0 saturated carbocycles. The Labute approximate surface area is 152 Å². The molecule has 6 heteroatoms. The van der Waals surface area contributed by atoms with Crippen LogP contribution < -0.4 is 5.32 Å². The van der Waals surface area contributed by atoms with Gasteiger partial charge in [-0.15, -0.1) is 0 Å². The standard InChI is InChI=1S/C20H23N3O3/c1-11-12(2)23-9-14(10-26-3)15-17(20(23)21-11)22-16(19(25)18(15)24)13-7-5-4-6-8-13/h4-9,16,18-19,22,24-25H,10H2,1-3H3/t16-,18+,19-/m1/s1. The number of methoxy groups -OCH3 is 1. The lowest BCUT2D eigenvalue weighted by molar-refractivity contribution is 0.000590. The molecule has 1 aliphatic heterocycles. The van der Waals surface area contributed by atoms with Crippen molar-refractivity contribution in [3.05, 3.63) is 64.6 Å². The zero-order valence-electron chi connectivity index (χ0n) is 15.1. The second kappa shape index (κ2) is 6.39. The monoisotopic (exact) mass is 353 g/mol. The summed E-state index contributed by atoms with van der Waals surface area (Å²) in [5, 5.41) is 25.1. The van der Waals surface area contributed by atoms with E-state index in [1.54, 1.807) is 7.11 Å². The Morgan fingerprint density at radius 2 is 1.92 bits per heavy atom. The van der Waals surface area contributed by atoms with Gasteiger partial charge in [0, 0.05) is 30.1 Å². The lowest BCUT2D eigenvalue weighted by atomic mass is 9.87. The van der Waals surface area contributed by atoms with E-state index in [-0.39, 0.29) is 0 Å². The molecule has 6 nitrogen and oxygen atoms in total. The number of aromatic nitrogens is 2. The highest BCUT2D eigenvalue weighted by molar-refractivity contribution is 5.77. The Morgan fingerprint density at radius 1 is 1.19 bits per heavy atom. The van der Waals surface area contributed by atoms with Crippen LogP contribution in [0.1, 0.15) is 40.2 Å². The molecule has 0 radical (unpaired) electrons. The van der Waals surface area contributed by atoms with Crippen molar-refractivity contribution in [1.29, 1.82) is 0 Å². The molecular formula is C20H23N3O3. The van der Waals surface area contributed by atoms with E-state index in [4.69, 9.17) is 4.74 Å². The first-order chi connectivity index (χ1) is 12.5. The number of imidazole rings is 1. The summed E-state index contributed by atoms with van der Waals surface area (Å²) in [4.78, 5) is 4.68. The average Bonchev–Trinajstić information content (AvgIpc) is 2.93. The zero-order chi connectivity index (χ0) is 18.4. The molecule has 0 amide bonds. The summed E-state index contributed by atoms with van der Waals surface area (Å²) >= 11 is 0. The average molecular weight is 353 g/mol. The Hall–Kier alpha value is -2.41. The molecule has 3 heterocycles. The first kappa shape index (κ1) is 17.0. The second-order valence-electron chi connectivity index (χ2n) is 6.82. The predicted molar refractivity (Wildman–Crippen MR) is 99.2 cm³/mol. The first-order valence-electron chi connectivity index (χ1n) is 8.70. The van der Waals surface area contributed by atoms with Gasteiger partial charge >= 0.3 is 0 Å². The van der Waals surface area contributed by atoms with Gasteiger partial charge in [-0.3, -0.25) is 0 Å². The highest BCUT2D eigenvalue weighted by Crippen LogP contribution is 2.43. The number of nitrogens with zero attached hydrogens (tertiary/aromatic N) is 2. The van der Waals surface area contributed by atoms with E-state index in [2.05, 4.69) is 10.3 Å². The van der Waals surface area contributed by atoms with Crippen molar-refractivity contribution in [2.75, 3.05) is 12.4 Å². The third-order valence-corrected chi connectivity index (χ3v) is 5.23. The molecule has 0 aliphatic carbocycles. The van der Waals surface area contributed by atoms with Crippen LogP contribution in [0.2, 0.25) is 0 Å². The van der Waals surface area contributed by atoms with E-state index in [1.807, 2.05) is 54.8 Å². The van der Waals surface area contributed by atoms with Crippen LogP contribution in [0.5, 0.6) is 0 Å². The van der Waals surface area contributed by atoms with E-state index in [1.165, 1.54) is 0 Å². The molecular weight excluding hydrogens is 330 g/mol. The summed E-state index contributed by atoms with van der Waals surface area (Å²) in [7, 11) is 1.62. The van der Waals surface area contributed by atoms with Gasteiger partial charge in [0.2, 0.25) is 0 Å². The molecule has 3 atom stereocenters. The highest BCUT2D eigenvalue weighted by atomic mass is 16.5. The van der Waals surface area contributed by atoms with Gasteiger partial charge in [-0.25, -0.2) is 4.98 Å².